The van der Waals surface area contributed by atoms with Crippen LogP contribution in [0.2, 0.25) is 0 Å². The van der Waals surface area contributed by atoms with Crippen LogP contribution in [0, 0.1) is 0 Å². The number of hydrogen-bond donors (Lipinski definition) is 1. The van der Waals surface area contributed by atoms with Gasteiger partial charge in [-0.15, -0.1) is 0 Å². The molecule has 3 heteroatoms. The van der Waals surface area contributed by atoms with Crippen LogP contribution >= 0.6 is 0 Å². The van der Waals surface area contributed by atoms with Crippen molar-refractivity contribution in [2.45, 2.75) is 50.3 Å². The third-order valence-corrected chi connectivity index (χ3v) is 6.11. The third kappa shape index (κ3) is 3.56. The van der Waals surface area contributed by atoms with Gasteiger partial charge in [-0.2, -0.15) is 0 Å². The summed E-state index contributed by atoms with van der Waals surface area (Å²) in [6.07, 6.45) is 2.10. The quantitative estimate of drug-likeness (QED) is 0.869. The second-order valence-electron chi connectivity index (χ2n) is 7.22. The molecule has 0 radical (unpaired) electrons. The molecule has 0 amide bonds. The molecule has 2 nitrogen and oxygen atoms in total. The van der Waals surface area contributed by atoms with Gasteiger partial charge in [-0.05, 0) is 50.3 Å². The average molecular weight is 327 g/mol. The van der Waals surface area contributed by atoms with E-state index < -0.39 is 11.0 Å². The lowest BCUT2D eigenvalue weighted by molar-refractivity contribution is 0.495. The van der Waals surface area contributed by atoms with Gasteiger partial charge in [0.05, 0.1) is 15.7 Å². The first kappa shape index (κ1) is 16.4. The molecule has 2 aromatic carbocycles. The van der Waals surface area contributed by atoms with Crippen LogP contribution in [-0.4, -0.2) is 8.96 Å². The molecular weight excluding hydrogens is 302 g/mol. The second kappa shape index (κ2) is 6.58. The molecule has 0 bridgehead atoms. The summed E-state index contributed by atoms with van der Waals surface area (Å²) in [5.74, 6) is 0.438. The molecule has 3 atom stereocenters. The highest BCUT2D eigenvalue weighted by atomic mass is 32.2. The fourth-order valence-electron chi connectivity index (χ4n) is 3.25. The second-order valence-corrected chi connectivity index (χ2v) is 9.22. The number of nitrogens with one attached hydrogen (secondary N) is 1. The van der Waals surface area contributed by atoms with E-state index in [1.165, 1.54) is 16.7 Å². The topological polar surface area (TPSA) is 29.1 Å². The van der Waals surface area contributed by atoms with Crippen LogP contribution in [-0.2, 0) is 11.0 Å². The summed E-state index contributed by atoms with van der Waals surface area (Å²) in [6, 6.07) is 19.5. The van der Waals surface area contributed by atoms with E-state index in [1.807, 2.05) is 20.8 Å². The van der Waals surface area contributed by atoms with E-state index in [9.17, 15) is 4.21 Å². The van der Waals surface area contributed by atoms with Crippen molar-refractivity contribution in [2.24, 2.45) is 0 Å². The highest BCUT2D eigenvalue weighted by molar-refractivity contribution is 7.84. The van der Waals surface area contributed by atoms with Crippen LogP contribution in [0.15, 0.2) is 54.6 Å². The lowest BCUT2D eigenvalue weighted by Gasteiger charge is -2.33. The van der Waals surface area contributed by atoms with E-state index in [0.29, 0.717) is 5.92 Å². The summed E-state index contributed by atoms with van der Waals surface area (Å²) in [5.41, 5.74) is 4.04. The Balaban J connectivity index is 1.91. The molecule has 122 valence electrons. The molecule has 0 aromatic heterocycles. The van der Waals surface area contributed by atoms with Crippen LogP contribution in [0.1, 0.15) is 62.3 Å². The Morgan fingerprint density at radius 1 is 0.913 bits per heavy atom. The van der Waals surface area contributed by atoms with Crippen LogP contribution < -0.4 is 4.72 Å². The molecule has 0 aliphatic heterocycles. The zero-order valence-electron chi connectivity index (χ0n) is 14.1. The maximum Gasteiger partial charge on any atom is 0.0975 e. The maximum atomic E-state index is 12.5. The van der Waals surface area contributed by atoms with Crippen molar-refractivity contribution in [1.82, 2.24) is 4.72 Å². The summed E-state index contributed by atoms with van der Waals surface area (Å²) >= 11 is 0. The largest absolute Gasteiger partial charge is 0.242 e. The van der Waals surface area contributed by atoms with Crippen molar-refractivity contribution in [1.29, 1.82) is 0 Å². The number of benzene rings is 2. The molecule has 0 heterocycles. The van der Waals surface area contributed by atoms with Gasteiger partial charge in [0.1, 0.15) is 0 Å². The van der Waals surface area contributed by atoms with Gasteiger partial charge in [-0.3, -0.25) is 0 Å². The van der Waals surface area contributed by atoms with E-state index in [0.717, 1.165) is 12.8 Å². The van der Waals surface area contributed by atoms with Crippen LogP contribution in [0.4, 0.5) is 0 Å². The first-order chi connectivity index (χ1) is 11.0. The van der Waals surface area contributed by atoms with Gasteiger partial charge >= 0.3 is 0 Å². The van der Waals surface area contributed by atoms with Crippen LogP contribution in [0.5, 0.6) is 0 Å². The Morgan fingerprint density at radius 2 is 1.52 bits per heavy atom. The summed E-state index contributed by atoms with van der Waals surface area (Å²) in [4.78, 5) is 0. The molecule has 0 spiro atoms. The van der Waals surface area contributed by atoms with E-state index in [1.54, 1.807) is 0 Å². The zero-order chi connectivity index (χ0) is 16.4. The number of fused-ring (bicyclic) bond motifs is 1. The highest BCUT2D eigenvalue weighted by Gasteiger charge is 2.30. The molecular formula is C20H25NOS. The standard InChI is InChI=1S/C20H25NOS/c1-20(2,3)23(22)21-19-14-13-16(15-9-5-4-6-10-15)17-11-7-8-12-18(17)19/h4-12,16,19,21H,13-14H2,1-3H3/t16-,19+,23-/m0/s1. The molecule has 1 aliphatic carbocycles. The number of hydrogen-bond acceptors (Lipinski definition) is 1. The predicted molar refractivity (Wildman–Crippen MR) is 97.7 cm³/mol. The fraction of sp³-hybridized carbons (Fsp3) is 0.400. The van der Waals surface area contributed by atoms with Gasteiger partial charge in [0, 0.05) is 12.0 Å². The van der Waals surface area contributed by atoms with E-state index in [-0.39, 0.29) is 10.8 Å². The average Bonchev–Trinajstić information content (AvgIpc) is 2.55. The van der Waals surface area contributed by atoms with E-state index in [4.69, 9.17) is 0 Å². The molecule has 3 rings (SSSR count). The van der Waals surface area contributed by atoms with E-state index >= 15 is 0 Å². The SMILES string of the molecule is CC(C)(C)[S@](=O)N[C@@H]1CC[C@@H](c2ccccc2)c2ccccc21. The van der Waals surface area contributed by atoms with Crippen molar-refractivity contribution in [3.63, 3.8) is 0 Å². The normalized spacial score (nSPS) is 22.4. The molecule has 1 aliphatic rings. The summed E-state index contributed by atoms with van der Waals surface area (Å²) in [5, 5.41) is 0. The lowest BCUT2D eigenvalue weighted by atomic mass is 9.77. The first-order valence-electron chi connectivity index (χ1n) is 8.28. The highest BCUT2D eigenvalue weighted by Crippen LogP contribution is 2.41. The van der Waals surface area contributed by atoms with Crippen LogP contribution in [0.25, 0.3) is 0 Å². The van der Waals surface area contributed by atoms with Gasteiger partial charge in [-0.1, -0.05) is 54.6 Å². The van der Waals surface area contributed by atoms with Crippen molar-refractivity contribution >= 4 is 11.0 Å². The van der Waals surface area contributed by atoms with Gasteiger partial charge in [0.15, 0.2) is 0 Å². The maximum absolute atomic E-state index is 12.5. The predicted octanol–water partition coefficient (Wildman–Crippen LogP) is 4.71. The third-order valence-electron chi connectivity index (χ3n) is 4.50. The Kier molecular flexibility index (Phi) is 4.69. The Hall–Kier alpha value is -1.45. The van der Waals surface area contributed by atoms with Crippen LogP contribution in [0.3, 0.4) is 0 Å². The molecule has 0 saturated carbocycles. The van der Waals surface area contributed by atoms with Crippen molar-refractivity contribution in [2.75, 3.05) is 0 Å². The molecule has 0 unspecified atom stereocenters. The Labute approximate surface area is 141 Å². The zero-order valence-corrected chi connectivity index (χ0v) is 14.9. The summed E-state index contributed by atoms with van der Waals surface area (Å²) in [7, 11) is -1.05. The number of rotatable bonds is 3. The van der Waals surface area contributed by atoms with E-state index in [2.05, 4.69) is 59.3 Å². The first-order valence-corrected chi connectivity index (χ1v) is 9.43. The molecule has 2 aromatic rings. The molecule has 0 saturated heterocycles. The van der Waals surface area contributed by atoms with Crippen molar-refractivity contribution < 1.29 is 4.21 Å². The lowest BCUT2D eigenvalue weighted by Crippen LogP contribution is -2.37. The Morgan fingerprint density at radius 3 is 2.17 bits per heavy atom. The smallest absolute Gasteiger partial charge is 0.0975 e. The monoisotopic (exact) mass is 327 g/mol. The molecule has 1 N–H and O–H groups in total. The van der Waals surface area contributed by atoms with Gasteiger partial charge in [0.25, 0.3) is 0 Å². The Bertz CT molecular complexity index is 690. The molecule has 0 fully saturated rings. The minimum Gasteiger partial charge on any atom is -0.242 e. The summed E-state index contributed by atoms with van der Waals surface area (Å²) in [6.45, 7) is 6.03. The van der Waals surface area contributed by atoms with Crippen molar-refractivity contribution in [3.05, 3.63) is 71.3 Å². The minimum atomic E-state index is -1.05. The fourth-order valence-corrected chi connectivity index (χ4v) is 4.11. The van der Waals surface area contributed by atoms with Crippen molar-refractivity contribution in [3.8, 4) is 0 Å². The van der Waals surface area contributed by atoms with Gasteiger partial charge in [0.2, 0.25) is 0 Å². The minimum absolute atomic E-state index is 0.172. The van der Waals surface area contributed by atoms with Gasteiger partial charge in [-0.25, -0.2) is 8.93 Å². The van der Waals surface area contributed by atoms with Gasteiger partial charge < -0.3 is 0 Å². The molecule has 23 heavy (non-hydrogen) atoms. The summed E-state index contributed by atoms with van der Waals surface area (Å²) < 4.78 is 15.6.